The zero-order chi connectivity index (χ0) is 19.3. The van der Waals surface area contributed by atoms with E-state index in [0.29, 0.717) is 31.5 Å². The van der Waals surface area contributed by atoms with Gasteiger partial charge in [-0.15, -0.1) is 0 Å². The fourth-order valence-electron chi connectivity index (χ4n) is 4.28. The van der Waals surface area contributed by atoms with Crippen LogP contribution < -0.4 is 5.73 Å². The topological polar surface area (TPSA) is 81.2 Å². The van der Waals surface area contributed by atoms with Gasteiger partial charge >= 0.3 is 0 Å². The highest BCUT2D eigenvalue weighted by Gasteiger charge is 2.36. The molecule has 0 bridgehead atoms. The van der Waals surface area contributed by atoms with Crippen LogP contribution in [0.5, 0.6) is 0 Å². The second-order valence-corrected chi connectivity index (χ2v) is 9.38. The van der Waals surface area contributed by atoms with Crippen LogP contribution in [-0.2, 0) is 23.1 Å². The number of nitrogens with two attached hydrogens (primary N) is 1. The van der Waals surface area contributed by atoms with Crippen LogP contribution in [0.25, 0.3) is 0 Å². The first-order valence-corrected chi connectivity index (χ1v) is 10.8. The van der Waals surface area contributed by atoms with Crippen molar-refractivity contribution in [2.24, 2.45) is 5.73 Å². The van der Waals surface area contributed by atoms with E-state index in [9.17, 15) is 17.2 Å². The highest BCUT2D eigenvalue weighted by molar-refractivity contribution is 7.89. The van der Waals surface area contributed by atoms with Gasteiger partial charge in [-0.05, 0) is 43.0 Å². The van der Waals surface area contributed by atoms with Gasteiger partial charge in [-0.2, -0.15) is 9.19 Å². The maximum absolute atomic E-state index is 14.1. The quantitative estimate of drug-likeness (QED) is 0.858. The van der Waals surface area contributed by atoms with E-state index in [1.807, 2.05) is 0 Å². The first kappa shape index (κ1) is 18.5. The van der Waals surface area contributed by atoms with Crippen molar-refractivity contribution < 1.29 is 17.2 Å². The van der Waals surface area contributed by atoms with Gasteiger partial charge in [0.05, 0.1) is 11.9 Å². The molecule has 1 aliphatic carbocycles. The Bertz CT molecular complexity index is 952. The monoisotopic (exact) mass is 396 g/mol. The van der Waals surface area contributed by atoms with Crippen LogP contribution in [0.15, 0.2) is 24.4 Å². The molecule has 2 aromatic rings. The molecule has 146 valence electrons. The Kier molecular flexibility index (Phi) is 4.56. The molecule has 0 unspecified atom stereocenters. The van der Waals surface area contributed by atoms with E-state index < -0.39 is 21.7 Å². The van der Waals surface area contributed by atoms with Crippen molar-refractivity contribution >= 4 is 10.0 Å². The molecule has 6 nitrogen and oxygen atoms in total. The van der Waals surface area contributed by atoms with Gasteiger partial charge < -0.3 is 5.73 Å². The molecule has 0 radical (unpaired) electrons. The molecule has 1 aromatic carbocycles. The average Bonchev–Trinajstić information content (AvgIpc) is 3.16. The summed E-state index contributed by atoms with van der Waals surface area (Å²) in [7, 11) is -3.38. The van der Waals surface area contributed by atoms with Crippen molar-refractivity contribution in [2.75, 3.05) is 6.26 Å². The standard InChI is InChI=1S/C18H22F2N4O2S/c1-27(25,26)24-9-11-8-23(10-18(11)22-24)13-3-4-14(17(21)7-13)15-6-12(19)2-5-16(15)20/h2,5-6,9,13-14,17H,3-4,7-8,10,21H2,1H3/t13-,14+,17+/m0/s1. The number of fused-ring (bicyclic) bond motifs is 1. The number of aromatic nitrogens is 2. The van der Waals surface area contributed by atoms with Crippen molar-refractivity contribution in [1.82, 2.24) is 14.1 Å². The summed E-state index contributed by atoms with van der Waals surface area (Å²) in [5.41, 5.74) is 8.37. The molecule has 2 heterocycles. The van der Waals surface area contributed by atoms with E-state index in [4.69, 9.17) is 5.73 Å². The molecular weight excluding hydrogens is 374 g/mol. The van der Waals surface area contributed by atoms with Gasteiger partial charge in [0, 0.05) is 42.9 Å². The summed E-state index contributed by atoms with van der Waals surface area (Å²) in [6.07, 6.45) is 4.88. The normalized spacial score (nSPS) is 26.3. The molecule has 2 aliphatic rings. The van der Waals surface area contributed by atoms with Crippen molar-refractivity contribution in [2.45, 2.75) is 50.4 Å². The molecule has 1 fully saturated rings. The number of benzene rings is 1. The first-order chi connectivity index (χ1) is 12.7. The number of rotatable bonds is 3. The largest absolute Gasteiger partial charge is 0.327 e. The molecule has 0 saturated heterocycles. The van der Waals surface area contributed by atoms with Gasteiger partial charge in [0.25, 0.3) is 10.0 Å². The fraction of sp³-hybridized carbons (Fsp3) is 0.500. The predicted molar refractivity (Wildman–Crippen MR) is 96.4 cm³/mol. The molecule has 4 rings (SSSR count). The lowest BCUT2D eigenvalue weighted by Gasteiger charge is -2.38. The van der Waals surface area contributed by atoms with E-state index >= 15 is 0 Å². The lowest BCUT2D eigenvalue weighted by molar-refractivity contribution is 0.136. The molecule has 9 heteroatoms. The summed E-state index contributed by atoms with van der Waals surface area (Å²) < 4.78 is 51.8. The zero-order valence-electron chi connectivity index (χ0n) is 15.0. The molecule has 1 aliphatic heterocycles. The third-order valence-electron chi connectivity index (χ3n) is 5.67. The van der Waals surface area contributed by atoms with Gasteiger partial charge in [-0.25, -0.2) is 17.2 Å². The van der Waals surface area contributed by atoms with E-state index in [1.165, 1.54) is 6.07 Å². The predicted octanol–water partition coefficient (Wildman–Crippen LogP) is 1.95. The van der Waals surface area contributed by atoms with Crippen LogP contribution in [0.4, 0.5) is 8.78 Å². The Morgan fingerprint density at radius 2 is 2.00 bits per heavy atom. The molecule has 3 atom stereocenters. The van der Waals surface area contributed by atoms with Crippen LogP contribution in [0.3, 0.4) is 0 Å². The summed E-state index contributed by atoms with van der Waals surface area (Å²) >= 11 is 0. The SMILES string of the molecule is CS(=O)(=O)n1cc2c(n1)CN([C@H]1CC[C@H](c3cc(F)ccc3F)[C@H](N)C1)C2. The fourth-order valence-corrected chi connectivity index (χ4v) is 4.84. The smallest absolute Gasteiger partial charge is 0.250 e. The Hall–Kier alpha value is -1.84. The van der Waals surface area contributed by atoms with Crippen LogP contribution in [0.2, 0.25) is 0 Å². The molecule has 1 saturated carbocycles. The van der Waals surface area contributed by atoms with E-state index in [-0.39, 0.29) is 18.0 Å². The molecular formula is C18H22F2N4O2S. The van der Waals surface area contributed by atoms with E-state index in [1.54, 1.807) is 6.20 Å². The summed E-state index contributed by atoms with van der Waals surface area (Å²) in [5.74, 6) is -1.06. The maximum Gasteiger partial charge on any atom is 0.250 e. The minimum absolute atomic E-state index is 0.198. The zero-order valence-corrected chi connectivity index (χ0v) is 15.8. The number of nitrogens with zero attached hydrogens (tertiary/aromatic N) is 3. The van der Waals surface area contributed by atoms with Crippen molar-refractivity contribution in [3.05, 3.63) is 52.9 Å². The lowest BCUT2D eigenvalue weighted by Crippen LogP contribution is -2.44. The first-order valence-electron chi connectivity index (χ1n) is 8.95. The van der Waals surface area contributed by atoms with Gasteiger partial charge in [-0.3, -0.25) is 4.90 Å². The second-order valence-electron chi connectivity index (χ2n) is 7.54. The number of hydrogen-bond donors (Lipinski definition) is 1. The summed E-state index contributed by atoms with van der Waals surface area (Å²) in [6, 6.07) is 3.48. The van der Waals surface area contributed by atoms with E-state index in [2.05, 4.69) is 10.00 Å². The van der Waals surface area contributed by atoms with Crippen LogP contribution >= 0.6 is 0 Å². The number of halogens is 2. The average molecular weight is 396 g/mol. The van der Waals surface area contributed by atoms with Gasteiger partial charge in [-0.1, -0.05) is 0 Å². The summed E-state index contributed by atoms with van der Waals surface area (Å²) in [4.78, 5) is 2.24. The van der Waals surface area contributed by atoms with Crippen molar-refractivity contribution in [3.8, 4) is 0 Å². The third kappa shape index (κ3) is 3.51. The van der Waals surface area contributed by atoms with Gasteiger partial charge in [0.2, 0.25) is 0 Å². The molecule has 2 N–H and O–H groups in total. The van der Waals surface area contributed by atoms with Crippen molar-refractivity contribution in [1.29, 1.82) is 0 Å². The Morgan fingerprint density at radius 3 is 2.67 bits per heavy atom. The molecule has 27 heavy (non-hydrogen) atoms. The summed E-state index contributed by atoms with van der Waals surface area (Å²) in [5, 5.41) is 4.17. The van der Waals surface area contributed by atoms with Gasteiger partial charge in [0.15, 0.2) is 0 Å². The minimum Gasteiger partial charge on any atom is -0.327 e. The third-order valence-corrected chi connectivity index (χ3v) is 6.53. The lowest BCUT2D eigenvalue weighted by atomic mass is 9.77. The van der Waals surface area contributed by atoms with E-state index in [0.717, 1.165) is 40.2 Å². The van der Waals surface area contributed by atoms with Crippen LogP contribution in [0, 0.1) is 11.6 Å². The second kappa shape index (κ2) is 6.65. The summed E-state index contributed by atoms with van der Waals surface area (Å²) in [6.45, 7) is 1.20. The highest BCUT2D eigenvalue weighted by Crippen LogP contribution is 2.37. The molecule has 0 spiro atoms. The van der Waals surface area contributed by atoms with Gasteiger partial charge in [0.1, 0.15) is 11.6 Å². The minimum atomic E-state index is -3.38. The Morgan fingerprint density at radius 1 is 1.22 bits per heavy atom. The Balaban J connectivity index is 1.44. The van der Waals surface area contributed by atoms with Crippen molar-refractivity contribution in [3.63, 3.8) is 0 Å². The molecule has 0 amide bonds. The highest BCUT2D eigenvalue weighted by atomic mass is 32.2. The van der Waals surface area contributed by atoms with Crippen LogP contribution in [-0.4, -0.2) is 40.8 Å². The Labute approximate surface area is 157 Å². The molecule has 1 aromatic heterocycles. The van der Waals surface area contributed by atoms with Crippen LogP contribution in [0.1, 0.15) is 42.0 Å². The number of hydrogen-bond acceptors (Lipinski definition) is 5. The maximum atomic E-state index is 14.1.